The van der Waals surface area contributed by atoms with Gasteiger partial charge in [0.2, 0.25) is 0 Å². The molecule has 0 bridgehead atoms. The van der Waals surface area contributed by atoms with Crippen molar-refractivity contribution in [3.63, 3.8) is 0 Å². The number of rotatable bonds is 4. The van der Waals surface area contributed by atoms with Crippen LogP contribution in [0.3, 0.4) is 0 Å². The second-order valence-electron chi connectivity index (χ2n) is 3.27. The van der Waals surface area contributed by atoms with Crippen molar-refractivity contribution in [3.8, 4) is 0 Å². The molecule has 0 saturated heterocycles. The Morgan fingerprint density at radius 1 is 1.54 bits per heavy atom. The van der Waals surface area contributed by atoms with Gasteiger partial charge in [-0.15, -0.1) is 0 Å². The van der Waals surface area contributed by atoms with E-state index in [9.17, 15) is 0 Å². The smallest absolute Gasteiger partial charge is 0.0342 e. The lowest BCUT2D eigenvalue weighted by atomic mass is 10.1. The summed E-state index contributed by atoms with van der Waals surface area (Å²) in [6.07, 6.45) is 9.73. The Morgan fingerprint density at radius 3 is 3.00 bits per heavy atom. The van der Waals surface area contributed by atoms with Gasteiger partial charge in [-0.25, -0.2) is 0 Å². The molecular formula is C12H17N. The fourth-order valence-corrected chi connectivity index (χ4v) is 1.24. The molecule has 0 fully saturated rings. The van der Waals surface area contributed by atoms with Crippen LogP contribution in [0.4, 0.5) is 0 Å². The van der Waals surface area contributed by atoms with Crippen molar-refractivity contribution in [2.24, 2.45) is 0 Å². The van der Waals surface area contributed by atoms with E-state index in [2.05, 4.69) is 31.0 Å². The van der Waals surface area contributed by atoms with E-state index in [1.54, 1.807) is 0 Å². The fourth-order valence-electron chi connectivity index (χ4n) is 1.24. The number of allylic oxidation sites excluding steroid dienone is 2. The van der Waals surface area contributed by atoms with Crippen LogP contribution < -0.4 is 0 Å². The molecule has 1 heterocycles. The largest absolute Gasteiger partial charge is 0.264 e. The summed E-state index contributed by atoms with van der Waals surface area (Å²) in [5.41, 5.74) is 2.57. The highest BCUT2D eigenvalue weighted by Gasteiger charge is 1.92. The van der Waals surface area contributed by atoms with E-state index >= 15 is 0 Å². The maximum Gasteiger partial charge on any atom is 0.0342 e. The number of aromatic nitrogens is 1. The molecule has 0 aromatic carbocycles. The Balaban J connectivity index is 2.57. The summed E-state index contributed by atoms with van der Waals surface area (Å²) in [7, 11) is 0. The number of hydrogen-bond donors (Lipinski definition) is 0. The Kier molecular flexibility index (Phi) is 4.24. The first-order valence-electron chi connectivity index (χ1n) is 4.91. The fraction of sp³-hybridized carbons (Fsp3) is 0.417. The maximum atomic E-state index is 4.09. The van der Waals surface area contributed by atoms with Gasteiger partial charge in [-0.3, -0.25) is 4.98 Å². The predicted octanol–water partition coefficient (Wildman–Crippen LogP) is 3.68. The van der Waals surface area contributed by atoms with Crippen LogP contribution in [-0.2, 0) is 0 Å². The van der Waals surface area contributed by atoms with Gasteiger partial charge in [-0.1, -0.05) is 31.9 Å². The molecule has 13 heavy (non-hydrogen) atoms. The SMILES string of the molecule is CCCCC=C(C)c1cccnc1. The third-order valence-corrected chi connectivity index (χ3v) is 2.13. The van der Waals surface area contributed by atoms with E-state index in [1.807, 2.05) is 18.5 Å². The Bertz CT molecular complexity index is 262. The molecule has 0 N–H and O–H groups in total. The van der Waals surface area contributed by atoms with Crippen LogP contribution in [0.1, 0.15) is 38.7 Å². The lowest BCUT2D eigenvalue weighted by Crippen LogP contribution is -1.80. The minimum atomic E-state index is 1.18. The minimum Gasteiger partial charge on any atom is -0.264 e. The van der Waals surface area contributed by atoms with Crippen molar-refractivity contribution < 1.29 is 0 Å². The Hall–Kier alpha value is -1.11. The predicted molar refractivity (Wildman–Crippen MR) is 57.4 cm³/mol. The van der Waals surface area contributed by atoms with Gasteiger partial charge in [0.05, 0.1) is 0 Å². The third-order valence-electron chi connectivity index (χ3n) is 2.13. The lowest BCUT2D eigenvalue weighted by Gasteiger charge is -1.99. The van der Waals surface area contributed by atoms with Crippen LogP contribution in [0, 0.1) is 0 Å². The van der Waals surface area contributed by atoms with Crippen molar-refractivity contribution in [1.29, 1.82) is 0 Å². The molecule has 1 nitrogen and oxygen atoms in total. The molecule has 70 valence electrons. The second-order valence-corrected chi connectivity index (χ2v) is 3.27. The highest BCUT2D eigenvalue weighted by Crippen LogP contribution is 2.13. The average molecular weight is 175 g/mol. The zero-order valence-electron chi connectivity index (χ0n) is 8.46. The summed E-state index contributed by atoms with van der Waals surface area (Å²) >= 11 is 0. The Labute approximate surface area is 80.5 Å². The quantitative estimate of drug-likeness (QED) is 0.636. The molecule has 1 aromatic rings. The normalized spacial score (nSPS) is 11.7. The number of nitrogens with zero attached hydrogens (tertiary/aromatic N) is 1. The maximum absolute atomic E-state index is 4.09. The summed E-state index contributed by atoms with van der Waals surface area (Å²) in [5.74, 6) is 0. The van der Waals surface area contributed by atoms with E-state index in [1.165, 1.54) is 30.4 Å². The van der Waals surface area contributed by atoms with Crippen molar-refractivity contribution in [3.05, 3.63) is 36.2 Å². The van der Waals surface area contributed by atoms with E-state index in [4.69, 9.17) is 0 Å². The van der Waals surface area contributed by atoms with Crippen molar-refractivity contribution in [2.45, 2.75) is 33.1 Å². The number of unbranched alkanes of at least 4 members (excludes halogenated alkanes) is 2. The van der Waals surface area contributed by atoms with Crippen LogP contribution in [0.25, 0.3) is 5.57 Å². The lowest BCUT2D eigenvalue weighted by molar-refractivity contribution is 0.815. The highest BCUT2D eigenvalue weighted by atomic mass is 14.6. The zero-order valence-corrected chi connectivity index (χ0v) is 8.46. The molecule has 1 heteroatoms. The number of pyridine rings is 1. The van der Waals surface area contributed by atoms with Gasteiger partial charge >= 0.3 is 0 Å². The molecule has 0 aliphatic heterocycles. The molecule has 1 aromatic heterocycles. The molecule has 0 radical (unpaired) electrons. The van der Waals surface area contributed by atoms with Gasteiger partial charge in [-0.05, 0) is 30.5 Å². The second kappa shape index (κ2) is 5.52. The monoisotopic (exact) mass is 175 g/mol. The number of hydrogen-bond acceptors (Lipinski definition) is 1. The summed E-state index contributed by atoms with van der Waals surface area (Å²) in [4.78, 5) is 4.09. The van der Waals surface area contributed by atoms with Crippen LogP contribution in [-0.4, -0.2) is 4.98 Å². The Morgan fingerprint density at radius 2 is 2.38 bits per heavy atom. The van der Waals surface area contributed by atoms with Crippen LogP contribution in [0.15, 0.2) is 30.6 Å². The zero-order chi connectivity index (χ0) is 9.52. The van der Waals surface area contributed by atoms with Crippen LogP contribution in [0.5, 0.6) is 0 Å². The molecular weight excluding hydrogens is 158 g/mol. The molecule has 0 atom stereocenters. The van der Waals surface area contributed by atoms with Gasteiger partial charge in [0, 0.05) is 12.4 Å². The van der Waals surface area contributed by atoms with Crippen molar-refractivity contribution >= 4 is 5.57 Å². The topological polar surface area (TPSA) is 12.9 Å². The van der Waals surface area contributed by atoms with E-state index in [-0.39, 0.29) is 0 Å². The summed E-state index contributed by atoms with van der Waals surface area (Å²) in [6, 6.07) is 4.08. The summed E-state index contributed by atoms with van der Waals surface area (Å²) in [6.45, 7) is 4.36. The summed E-state index contributed by atoms with van der Waals surface area (Å²) < 4.78 is 0. The van der Waals surface area contributed by atoms with E-state index in [0.29, 0.717) is 0 Å². The van der Waals surface area contributed by atoms with Crippen LogP contribution in [0.2, 0.25) is 0 Å². The molecule has 0 unspecified atom stereocenters. The highest BCUT2D eigenvalue weighted by molar-refractivity contribution is 5.62. The third kappa shape index (κ3) is 3.41. The first kappa shape index (κ1) is 9.97. The molecule has 0 aliphatic rings. The van der Waals surface area contributed by atoms with Crippen molar-refractivity contribution in [2.75, 3.05) is 0 Å². The molecule has 0 spiro atoms. The van der Waals surface area contributed by atoms with Gasteiger partial charge in [0.15, 0.2) is 0 Å². The van der Waals surface area contributed by atoms with Gasteiger partial charge in [-0.2, -0.15) is 0 Å². The van der Waals surface area contributed by atoms with E-state index < -0.39 is 0 Å². The standard InChI is InChI=1S/C12H17N/c1-3-4-5-7-11(2)12-8-6-9-13-10-12/h6-10H,3-5H2,1-2H3. The van der Waals surface area contributed by atoms with Gasteiger partial charge in [0.25, 0.3) is 0 Å². The first-order valence-corrected chi connectivity index (χ1v) is 4.91. The molecule has 0 aliphatic carbocycles. The summed E-state index contributed by atoms with van der Waals surface area (Å²) in [5, 5.41) is 0. The molecule has 1 rings (SSSR count). The van der Waals surface area contributed by atoms with Crippen LogP contribution >= 0.6 is 0 Å². The average Bonchev–Trinajstić information content (AvgIpc) is 2.19. The van der Waals surface area contributed by atoms with Gasteiger partial charge in [0.1, 0.15) is 0 Å². The molecule has 0 saturated carbocycles. The van der Waals surface area contributed by atoms with E-state index in [0.717, 1.165) is 0 Å². The molecule has 0 amide bonds. The van der Waals surface area contributed by atoms with Crippen molar-refractivity contribution in [1.82, 2.24) is 4.98 Å². The van der Waals surface area contributed by atoms with Gasteiger partial charge < -0.3 is 0 Å². The minimum absolute atomic E-state index is 1.18. The first-order chi connectivity index (χ1) is 6.34.